The zero-order chi connectivity index (χ0) is 21.0. The molecule has 0 aliphatic heterocycles. The van der Waals surface area contributed by atoms with Crippen LogP contribution in [0.15, 0.2) is 6.20 Å². The fraction of sp³-hybridized carbons (Fsp3) is 0.714. The Kier molecular flexibility index (Phi) is 6.58. The number of amides is 1. The Morgan fingerprint density at radius 3 is 2.59 bits per heavy atom. The van der Waals surface area contributed by atoms with Crippen molar-refractivity contribution in [1.82, 2.24) is 14.9 Å². The molecule has 8 heteroatoms. The van der Waals surface area contributed by atoms with Crippen LogP contribution in [0.4, 0.5) is 11.8 Å². The number of rotatable bonds is 5. The second-order valence-electron chi connectivity index (χ2n) is 8.93. The average Bonchev–Trinajstić information content (AvgIpc) is 2.67. The van der Waals surface area contributed by atoms with E-state index in [0.29, 0.717) is 23.8 Å². The van der Waals surface area contributed by atoms with E-state index in [0.717, 1.165) is 44.9 Å². The van der Waals surface area contributed by atoms with E-state index in [1.54, 1.807) is 25.2 Å². The number of anilines is 2. The van der Waals surface area contributed by atoms with Gasteiger partial charge in [0.25, 0.3) is 0 Å². The molecule has 3 N–H and O–H groups in total. The fourth-order valence-corrected chi connectivity index (χ4v) is 4.46. The summed E-state index contributed by atoms with van der Waals surface area (Å²) in [7, 11) is 3.61. The Labute approximate surface area is 172 Å². The summed E-state index contributed by atoms with van der Waals surface area (Å²) in [6.07, 6.45) is 8.35. The lowest BCUT2D eigenvalue weighted by Gasteiger charge is -2.34. The molecule has 1 aromatic heterocycles. The summed E-state index contributed by atoms with van der Waals surface area (Å²) in [5, 5.41) is 26.5. The van der Waals surface area contributed by atoms with Crippen LogP contribution in [0.25, 0.3) is 0 Å². The normalized spacial score (nSPS) is 29.6. The van der Waals surface area contributed by atoms with E-state index < -0.39 is 5.60 Å². The highest BCUT2D eigenvalue weighted by Crippen LogP contribution is 2.31. The molecular formula is C21H32N6O2. The van der Waals surface area contributed by atoms with Crippen molar-refractivity contribution in [3.05, 3.63) is 11.8 Å². The number of aliphatic hydroxyl groups is 1. The SMILES string of the molecule is CN(C)C(=O)[C@H]1CC[C@H](Nc2ncc(C#N)c(N[C@@H]3CCC[C@](C)(O)C3)n2)CC1. The Hall–Kier alpha value is -2.40. The number of aromatic nitrogens is 2. The molecule has 0 saturated heterocycles. The maximum absolute atomic E-state index is 12.1. The van der Waals surface area contributed by atoms with E-state index in [1.807, 2.05) is 6.92 Å². The van der Waals surface area contributed by atoms with Crippen LogP contribution < -0.4 is 10.6 Å². The van der Waals surface area contributed by atoms with Crippen molar-refractivity contribution in [3.63, 3.8) is 0 Å². The molecule has 0 spiro atoms. The van der Waals surface area contributed by atoms with Crippen molar-refractivity contribution < 1.29 is 9.90 Å². The Balaban J connectivity index is 1.62. The molecule has 0 radical (unpaired) electrons. The number of nitrogens with one attached hydrogen (secondary N) is 2. The predicted octanol–water partition coefficient (Wildman–Crippen LogP) is 2.51. The number of hydrogen-bond acceptors (Lipinski definition) is 7. The third-order valence-corrected chi connectivity index (χ3v) is 6.05. The number of hydrogen-bond donors (Lipinski definition) is 3. The maximum Gasteiger partial charge on any atom is 0.225 e. The molecule has 3 rings (SSSR count). The van der Waals surface area contributed by atoms with Gasteiger partial charge in [-0.1, -0.05) is 0 Å². The minimum absolute atomic E-state index is 0.0843. The minimum atomic E-state index is -0.681. The topological polar surface area (TPSA) is 114 Å². The van der Waals surface area contributed by atoms with Gasteiger partial charge in [0.15, 0.2) is 0 Å². The van der Waals surface area contributed by atoms with Crippen LogP contribution in [0.2, 0.25) is 0 Å². The quantitative estimate of drug-likeness (QED) is 0.696. The van der Waals surface area contributed by atoms with Gasteiger partial charge in [-0.05, 0) is 58.3 Å². The average molecular weight is 401 g/mol. The lowest BCUT2D eigenvalue weighted by Crippen LogP contribution is -2.38. The predicted molar refractivity (Wildman–Crippen MR) is 111 cm³/mol. The van der Waals surface area contributed by atoms with Crippen LogP contribution in [0.1, 0.15) is 63.9 Å². The first-order valence-corrected chi connectivity index (χ1v) is 10.5. The molecule has 1 aromatic rings. The van der Waals surface area contributed by atoms with Crippen LogP contribution in [-0.4, -0.2) is 57.7 Å². The molecule has 2 saturated carbocycles. The number of nitriles is 1. The summed E-state index contributed by atoms with van der Waals surface area (Å²) >= 11 is 0. The van der Waals surface area contributed by atoms with E-state index >= 15 is 0 Å². The first kappa shape index (κ1) is 21.3. The number of carbonyl (C=O) groups excluding carboxylic acids is 1. The summed E-state index contributed by atoms with van der Waals surface area (Å²) in [6, 6.07) is 2.45. The van der Waals surface area contributed by atoms with Gasteiger partial charge in [-0.3, -0.25) is 4.79 Å². The maximum atomic E-state index is 12.1. The Morgan fingerprint density at radius 2 is 1.97 bits per heavy atom. The molecule has 2 atom stereocenters. The molecule has 29 heavy (non-hydrogen) atoms. The van der Waals surface area contributed by atoms with Gasteiger partial charge >= 0.3 is 0 Å². The second-order valence-corrected chi connectivity index (χ2v) is 8.93. The highest BCUT2D eigenvalue weighted by molar-refractivity contribution is 5.78. The fourth-order valence-electron chi connectivity index (χ4n) is 4.46. The summed E-state index contributed by atoms with van der Waals surface area (Å²) in [4.78, 5) is 22.7. The second kappa shape index (κ2) is 8.95. The van der Waals surface area contributed by atoms with Gasteiger partial charge in [-0.2, -0.15) is 10.2 Å². The molecule has 0 bridgehead atoms. The third-order valence-electron chi connectivity index (χ3n) is 6.05. The van der Waals surface area contributed by atoms with Crippen molar-refractivity contribution in [1.29, 1.82) is 5.26 Å². The Morgan fingerprint density at radius 1 is 1.24 bits per heavy atom. The lowest BCUT2D eigenvalue weighted by atomic mass is 9.83. The molecule has 8 nitrogen and oxygen atoms in total. The van der Waals surface area contributed by atoms with E-state index in [-0.39, 0.29) is 23.9 Å². The molecule has 2 aliphatic carbocycles. The van der Waals surface area contributed by atoms with Crippen molar-refractivity contribution in [2.45, 2.75) is 76.0 Å². The highest BCUT2D eigenvalue weighted by Gasteiger charge is 2.31. The highest BCUT2D eigenvalue weighted by atomic mass is 16.3. The van der Waals surface area contributed by atoms with Crippen LogP contribution >= 0.6 is 0 Å². The molecule has 1 amide bonds. The molecule has 0 unspecified atom stereocenters. The smallest absolute Gasteiger partial charge is 0.225 e. The van der Waals surface area contributed by atoms with E-state index in [1.165, 1.54) is 0 Å². The van der Waals surface area contributed by atoms with Crippen molar-refractivity contribution in [2.24, 2.45) is 5.92 Å². The van der Waals surface area contributed by atoms with E-state index in [9.17, 15) is 15.2 Å². The van der Waals surface area contributed by atoms with Gasteiger partial charge in [-0.25, -0.2) is 4.98 Å². The van der Waals surface area contributed by atoms with Crippen LogP contribution in [0, 0.1) is 17.2 Å². The largest absolute Gasteiger partial charge is 0.390 e. The van der Waals surface area contributed by atoms with Gasteiger partial charge < -0.3 is 20.6 Å². The Bertz CT molecular complexity index is 765. The van der Waals surface area contributed by atoms with E-state index in [2.05, 4.69) is 26.7 Å². The minimum Gasteiger partial charge on any atom is -0.390 e. The summed E-state index contributed by atoms with van der Waals surface area (Å²) < 4.78 is 0. The van der Waals surface area contributed by atoms with Crippen LogP contribution in [0.3, 0.4) is 0 Å². The van der Waals surface area contributed by atoms with Gasteiger partial charge in [0.05, 0.1) is 11.8 Å². The third kappa shape index (κ3) is 5.57. The summed E-state index contributed by atoms with van der Waals surface area (Å²) in [5.74, 6) is 1.31. The van der Waals surface area contributed by atoms with E-state index in [4.69, 9.17) is 0 Å². The zero-order valence-corrected chi connectivity index (χ0v) is 17.6. The molecule has 1 heterocycles. The zero-order valence-electron chi connectivity index (χ0n) is 17.6. The lowest BCUT2D eigenvalue weighted by molar-refractivity contribution is -0.133. The molecule has 2 fully saturated rings. The summed E-state index contributed by atoms with van der Waals surface area (Å²) in [5.41, 5.74) is -0.277. The standard InChI is InChI=1S/C21H32N6O2/c1-21(29)10-4-5-17(11-21)24-18-15(12-22)13-23-20(26-18)25-16-8-6-14(7-9-16)19(28)27(2)3/h13-14,16-17,29H,4-11H2,1-3H3,(H2,23,24,25,26)/t14-,16-,17-,21+/m1/s1. The van der Waals surface area contributed by atoms with Crippen LogP contribution in [-0.2, 0) is 4.79 Å². The first-order valence-electron chi connectivity index (χ1n) is 10.5. The molecule has 2 aliphatic rings. The van der Waals surface area contributed by atoms with Crippen molar-refractivity contribution >= 4 is 17.7 Å². The van der Waals surface area contributed by atoms with Gasteiger partial charge in [0.2, 0.25) is 11.9 Å². The number of carbonyl (C=O) groups is 1. The van der Waals surface area contributed by atoms with Crippen molar-refractivity contribution in [3.8, 4) is 6.07 Å². The molecule has 0 aromatic carbocycles. The van der Waals surface area contributed by atoms with Crippen LogP contribution in [0.5, 0.6) is 0 Å². The van der Waals surface area contributed by atoms with Gasteiger partial charge in [0, 0.05) is 32.1 Å². The van der Waals surface area contributed by atoms with Gasteiger partial charge in [0.1, 0.15) is 17.5 Å². The number of nitrogens with zero attached hydrogens (tertiary/aromatic N) is 4. The first-order chi connectivity index (χ1) is 13.8. The van der Waals surface area contributed by atoms with Gasteiger partial charge in [-0.15, -0.1) is 0 Å². The molecular weight excluding hydrogens is 368 g/mol. The molecule has 158 valence electrons. The summed E-state index contributed by atoms with van der Waals surface area (Å²) in [6.45, 7) is 1.86. The van der Waals surface area contributed by atoms with Crippen molar-refractivity contribution in [2.75, 3.05) is 24.7 Å². The monoisotopic (exact) mass is 400 g/mol.